The van der Waals surface area contributed by atoms with Gasteiger partial charge in [0, 0.05) is 30.8 Å². The van der Waals surface area contributed by atoms with Crippen molar-refractivity contribution < 1.29 is 0 Å². The molecular formula is C10H16BrN3. The molecule has 14 heavy (non-hydrogen) atoms. The maximum atomic E-state index is 4.56. The summed E-state index contributed by atoms with van der Waals surface area (Å²) in [7, 11) is 0. The Morgan fingerprint density at radius 3 is 2.79 bits per heavy atom. The molecule has 3 nitrogen and oxygen atoms in total. The summed E-state index contributed by atoms with van der Waals surface area (Å²) < 4.78 is 3.14. The van der Waals surface area contributed by atoms with Crippen molar-refractivity contribution in [1.29, 1.82) is 0 Å². The van der Waals surface area contributed by atoms with Gasteiger partial charge in [-0.05, 0) is 36.7 Å². The lowest BCUT2D eigenvalue weighted by Crippen LogP contribution is -2.30. The number of aromatic nitrogens is 2. The molecule has 0 saturated carbocycles. The van der Waals surface area contributed by atoms with Crippen LogP contribution in [-0.2, 0) is 18.5 Å². The molecule has 0 amide bonds. The van der Waals surface area contributed by atoms with E-state index in [1.165, 1.54) is 11.3 Å². The Balaban J connectivity index is 2.52. The van der Waals surface area contributed by atoms with Gasteiger partial charge in [0.05, 0.1) is 5.54 Å². The van der Waals surface area contributed by atoms with Crippen molar-refractivity contribution in [3.05, 3.63) is 15.9 Å². The molecule has 0 saturated heterocycles. The molecule has 0 aliphatic carbocycles. The van der Waals surface area contributed by atoms with Crippen LogP contribution in [0.2, 0.25) is 0 Å². The number of hydrogen-bond acceptors (Lipinski definition) is 2. The number of nitrogens with zero attached hydrogens (tertiary/aromatic N) is 2. The maximum Gasteiger partial charge on any atom is 0.132 e. The lowest BCUT2D eigenvalue weighted by Gasteiger charge is -2.24. The van der Waals surface area contributed by atoms with Crippen LogP contribution in [-0.4, -0.2) is 16.3 Å². The highest BCUT2D eigenvalue weighted by atomic mass is 79.9. The zero-order valence-electron chi connectivity index (χ0n) is 8.89. The molecule has 2 rings (SSSR count). The molecule has 1 aromatic heterocycles. The normalized spacial score (nSPS) is 16.9. The largest absolute Gasteiger partial charge is 0.312 e. The molecular weight excluding hydrogens is 242 g/mol. The van der Waals surface area contributed by atoms with E-state index in [0.717, 1.165) is 24.1 Å². The zero-order valence-corrected chi connectivity index (χ0v) is 10.5. The van der Waals surface area contributed by atoms with E-state index >= 15 is 0 Å². The second-order valence-electron chi connectivity index (χ2n) is 4.73. The van der Waals surface area contributed by atoms with Crippen molar-refractivity contribution in [2.45, 2.75) is 39.3 Å². The summed E-state index contributed by atoms with van der Waals surface area (Å²) in [5.74, 6) is 0. The number of fused-ring (bicyclic) bond motifs is 1. The van der Waals surface area contributed by atoms with E-state index in [2.05, 4.69) is 51.8 Å². The number of rotatable bonds is 0. The minimum Gasteiger partial charge on any atom is -0.312 e. The van der Waals surface area contributed by atoms with Crippen molar-refractivity contribution in [1.82, 2.24) is 15.1 Å². The lowest BCUT2D eigenvalue weighted by atomic mass is 10.1. The molecule has 4 heteroatoms. The van der Waals surface area contributed by atoms with E-state index < -0.39 is 0 Å². The second kappa shape index (κ2) is 3.35. The van der Waals surface area contributed by atoms with Gasteiger partial charge >= 0.3 is 0 Å². The summed E-state index contributed by atoms with van der Waals surface area (Å²) in [5, 5.41) is 7.92. The average molecular weight is 258 g/mol. The molecule has 0 aromatic carbocycles. The molecule has 0 atom stereocenters. The van der Waals surface area contributed by atoms with Gasteiger partial charge < -0.3 is 5.32 Å². The first-order chi connectivity index (χ1) is 6.50. The minimum absolute atomic E-state index is 0.0768. The van der Waals surface area contributed by atoms with Crippen molar-refractivity contribution in [2.75, 3.05) is 6.54 Å². The highest BCUT2D eigenvalue weighted by Crippen LogP contribution is 2.27. The molecule has 78 valence electrons. The van der Waals surface area contributed by atoms with Crippen LogP contribution in [0.4, 0.5) is 0 Å². The third kappa shape index (κ3) is 1.61. The number of halogens is 1. The molecule has 2 heterocycles. The first kappa shape index (κ1) is 10.2. The fraction of sp³-hybridized carbons (Fsp3) is 0.700. The standard InChI is InChI=1S/C10H16BrN3/c1-10(2,3)14-8-4-5-12-6-7(8)9(11)13-14/h12H,4-6H2,1-3H3. The van der Waals surface area contributed by atoms with Crippen LogP contribution in [0.15, 0.2) is 4.60 Å². The van der Waals surface area contributed by atoms with Crippen molar-refractivity contribution >= 4 is 15.9 Å². The first-order valence-corrected chi connectivity index (χ1v) is 5.77. The highest BCUT2D eigenvalue weighted by Gasteiger charge is 2.25. The van der Waals surface area contributed by atoms with E-state index in [-0.39, 0.29) is 5.54 Å². The molecule has 0 fully saturated rings. The van der Waals surface area contributed by atoms with Gasteiger partial charge in [-0.2, -0.15) is 5.10 Å². The Bertz CT molecular complexity index is 349. The van der Waals surface area contributed by atoms with Crippen LogP contribution in [0, 0.1) is 0 Å². The molecule has 0 spiro atoms. The van der Waals surface area contributed by atoms with Gasteiger partial charge in [0.2, 0.25) is 0 Å². The van der Waals surface area contributed by atoms with Gasteiger partial charge in [0.25, 0.3) is 0 Å². The summed E-state index contributed by atoms with van der Waals surface area (Å²) in [6.07, 6.45) is 1.07. The second-order valence-corrected chi connectivity index (χ2v) is 5.48. The lowest BCUT2D eigenvalue weighted by molar-refractivity contribution is 0.339. The smallest absolute Gasteiger partial charge is 0.132 e. The summed E-state index contributed by atoms with van der Waals surface area (Å²) in [6, 6.07) is 0. The van der Waals surface area contributed by atoms with E-state index in [0.29, 0.717) is 0 Å². The Morgan fingerprint density at radius 1 is 1.43 bits per heavy atom. The van der Waals surface area contributed by atoms with Crippen LogP contribution in [0.3, 0.4) is 0 Å². The minimum atomic E-state index is 0.0768. The average Bonchev–Trinajstić information content (AvgIpc) is 2.44. The number of nitrogens with one attached hydrogen (secondary N) is 1. The van der Waals surface area contributed by atoms with Crippen LogP contribution < -0.4 is 5.32 Å². The molecule has 0 bridgehead atoms. The van der Waals surface area contributed by atoms with E-state index in [1.54, 1.807) is 0 Å². The summed E-state index contributed by atoms with van der Waals surface area (Å²) >= 11 is 3.52. The molecule has 1 N–H and O–H groups in total. The first-order valence-electron chi connectivity index (χ1n) is 4.97. The highest BCUT2D eigenvalue weighted by molar-refractivity contribution is 9.10. The zero-order chi connectivity index (χ0) is 10.3. The van der Waals surface area contributed by atoms with Gasteiger partial charge in [0.15, 0.2) is 0 Å². The van der Waals surface area contributed by atoms with Gasteiger partial charge in [-0.15, -0.1) is 0 Å². The summed E-state index contributed by atoms with van der Waals surface area (Å²) in [5.41, 5.74) is 2.78. The third-order valence-corrected chi connectivity index (χ3v) is 3.15. The van der Waals surface area contributed by atoms with Crippen LogP contribution >= 0.6 is 15.9 Å². The number of hydrogen-bond donors (Lipinski definition) is 1. The van der Waals surface area contributed by atoms with Gasteiger partial charge in [-0.25, -0.2) is 0 Å². The molecule has 0 unspecified atom stereocenters. The van der Waals surface area contributed by atoms with Gasteiger partial charge in [0.1, 0.15) is 4.60 Å². The Kier molecular flexibility index (Phi) is 2.43. The third-order valence-electron chi connectivity index (χ3n) is 2.52. The molecule has 1 aliphatic rings. The van der Waals surface area contributed by atoms with Crippen molar-refractivity contribution in [3.8, 4) is 0 Å². The van der Waals surface area contributed by atoms with Crippen molar-refractivity contribution in [3.63, 3.8) is 0 Å². The van der Waals surface area contributed by atoms with E-state index in [1.807, 2.05) is 0 Å². The Labute approximate surface area is 93.0 Å². The fourth-order valence-corrected chi connectivity index (χ4v) is 2.39. The Morgan fingerprint density at radius 2 is 2.14 bits per heavy atom. The Hall–Kier alpha value is -0.350. The van der Waals surface area contributed by atoms with Crippen LogP contribution in [0.5, 0.6) is 0 Å². The van der Waals surface area contributed by atoms with E-state index in [9.17, 15) is 0 Å². The predicted molar refractivity (Wildman–Crippen MR) is 60.3 cm³/mol. The fourth-order valence-electron chi connectivity index (χ4n) is 1.86. The summed E-state index contributed by atoms with van der Waals surface area (Å²) in [6.45, 7) is 8.56. The van der Waals surface area contributed by atoms with Gasteiger partial charge in [-0.1, -0.05) is 0 Å². The molecule has 1 aliphatic heterocycles. The van der Waals surface area contributed by atoms with Gasteiger partial charge in [-0.3, -0.25) is 4.68 Å². The summed E-state index contributed by atoms with van der Waals surface area (Å²) in [4.78, 5) is 0. The topological polar surface area (TPSA) is 29.9 Å². The van der Waals surface area contributed by atoms with E-state index in [4.69, 9.17) is 0 Å². The molecule has 0 radical (unpaired) electrons. The SMILES string of the molecule is CC(C)(C)n1nc(Br)c2c1CCNC2. The van der Waals surface area contributed by atoms with Crippen LogP contribution in [0.1, 0.15) is 32.0 Å². The van der Waals surface area contributed by atoms with Crippen LogP contribution in [0.25, 0.3) is 0 Å². The monoisotopic (exact) mass is 257 g/mol. The maximum absolute atomic E-state index is 4.56. The predicted octanol–water partition coefficient (Wildman–Crippen LogP) is 2.05. The van der Waals surface area contributed by atoms with Crippen molar-refractivity contribution in [2.24, 2.45) is 0 Å². The molecule has 1 aromatic rings. The quantitative estimate of drug-likeness (QED) is 0.771.